The van der Waals surface area contributed by atoms with E-state index in [-0.39, 0.29) is 114 Å². The predicted octanol–water partition coefficient (Wildman–Crippen LogP) is 18.6. The zero-order valence-electron chi connectivity index (χ0n) is 66.2. The SMILES string of the molecule is C.C.CCOC(=O)[C@]12CC(=O)[C@@H]3C[C@@H](Oc4cc(-c5nc(C(C)C)cs5)nc5c(C)c(OC)ccc45)CN3C(=O)N(Cc3ccc(OC)cc3)CCCCC/C=C\[C@@H]1C2.COc1ccc(CN2CCCCC/C=C\[C@@H]3C[C@@]3(C(=O)O)CC(=O)[C@@H]3C[C@@H](Oc4cc(-c5nc(C(C)C)cs5)nc5c(C)c(OC)ccc45)CN3C2=O)cc1. The first kappa shape index (κ1) is 85.0. The van der Waals surface area contributed by atoms with Crippen molar-refractivity contribution in [1.29, 1.82) is 0 Å². The predicted molar refractivity (Wildman–Crippen MR) is 446 cm³/mol. The molecule has 8 heterocycles. The number of thiazole rings is 2. The highest BCUT2D eigenvalue weighted by Crippen LogP contribution is 2.59. The average Bonchev–Trinajstić information content (AvgIpc) is 1.57. The van der Waals surface area contributed by atoms with Crippen LogP contribution in [0.2, 0.25) is 0 Å². The number of carboxylic acids is 1. The van der Waals surface area contributed by atoms with Crippen molar-refractivity contribution in [1.82, 2.24) is 39.5 Å². The summed E-state index contributed by atoms with van der Waals surface area (Å²) in [5, 5.41) is 17.6. The molecule has 4 aromatic carbocycles. The third-order valence-corrected chi connectivity index (χ3v) is 24.8. The lowest BCUT2D eigenvalue weighted by Crippen LogP contribution is -2.49. The molecule has 2 saturated heterocycles. The number of pyridine rings is 2. The standard InChI is InChI=1S/C45H54N4O7S.C43H50N4O7S.2CH4/c1-7-55-43(51)45-23-31(45)13-11-9-8-10-12-20-48(25-30-14-16-32(53-5)17-15-30)44(52)49-26-33(21-37(49)38(50)24-45)56-40-22-35(42-47-36(27-57-42)28(2)3)46-41-29(4)39(54-6)19-18-34(40)41;1-26(2)34-25-55-40(45-34)33-20-38(32-16-17-37(53-5)27(3)39(32)44-33)54-31-19-35-36(48)22-43(41(49)50)21-29(43)11-9-7-6-8-10-18-46(42(51)47(35)24-31)23-28-12-14-30(52-4)15-13-28;;/h11,13-19,22,27-28,31,33,37H,7-10,12,20-21,23-26H2,1-6H3;9,11-17,20,25-26,29,31,35H,6-8,10,18-19,21-24H2,1-5H3,(H,49,50);2*1H4/b13-11-;11-9-;;/t31-,33-,37+,45-;29-,31-,35+,43-;;/m11../s1. The summed E-state index contributed by atoms with van der Waals surface area (Å²) >= 11 is 3.06. The fraction of sp³-hybridized carbons (Fsp3) is 0.489. The number of carboxylic acid groups (broad SMARTS) is 1. The number of urea groups is 2. The molecule has 0 spiro atoms. The molecule has 0 bridgehead atoms. The van der Waals surface area contributed by atoms with Gasteiger partial charge >= 0.3 is 24.0 Å². The van der Waals surface area contributed by atoms with Gasteiger partial charge in [-0.05, 0) is 155 Å². The van der Waals surface area contributed by atoms with E-state index in [1.807, 2.05) is 120 Å². The number of rotatable bonds is 19. The normalized spacial score (nSPS) is 23.2. The molecule has 22 nitrogen and oxygen atoms in total. The highest BCUT2D eigenvalue weighted by Gasteiger charge is 2.63. The summed E-state index contributed by atoms with van der Waals surface area (Å²) < 4.78 is 41.4. The third kappa shape index (κ3) is 18.5. The Labute approximate surface area is 678 Å². The number of benzene rings is 4. The van der Waals surface area contributed by atoms with Gasteiger partial charge in [0.05, 0.1) is 93.5 Å². The molecule has 2 aliphatic carbocycles. The van der Waals surface area contributed by atoms with Gasteiger partial charge in [0.15, 0.2) is 11.6 Å². The van der Waals surface area contributed by atoms with Crippen LogP contribution in [0.15, 0.2) is 120 Å². The van der Waals surface area contributed by atoms with Gasteiger partial charge in [0.25, 0.3) is 0 Å². The number of ether oxygens (including phenoxy) is 7. The fourth-order valence-corrected chi connectivity index (χ4v) is 18.1. The van der Waals surface area contributed by atoms with Gasteiger partial charge in [-0.1, -0.05) is 104 Å². The molecule has 4 aromatic heterocycles. The van der Waals surface area contributed by atoms with E-state index in [4.69, 9.17) is 53.1 Å². The Morgan fingerprint density at radius 2 is 0.965 bits per heavy atom. The highest BCUT2D eigenvalue weighted by molar-refractivity contribution is 7.13. The minimum absolute atomic E-state index is 0. The van der Waals surface area contributed by atoms with Crippen LogP contribution in [0.3, 0.4) is 0 Å². The van der Waals surface area contributed by atoms with Crippen LogP contribution in [0.1, 0.15) is 185 Å². The first-order valence-electron chi connectivity index (χ1n) is 39.4. The molecule has 8 atom stereocenters. The van der Waals surface area contributed by atoms with Crippen molar-refractivity contribution in [2.45, 2.75) is 202 Å². The number of aromatic nitrogens is 4. The lowest BCUT2D eigenvalue weighted by Gasteiger charge is -2.32. The van der Waals surface area contributed by atoms with Crippen molar-refractivity contribution >= 4 is 80.0 Å². The maximum absolute atomic E-state index is 14.9. The van der Waals surface area contributed by atoms with E-state index < -0.39 is 41.1 Å². The minimum atomic E-state index is -1.15. The molecule has 2 saturated carbocycles. The number of methoxy groups -OCH3 is 4. The number of hydrogen-bond donors (Lipinski definition) is 1. The zero-order chi connectivity index (χ0) is 79.1. The summed E-state index contributed by atoms with van der Waals surface area (Å²) in [6.07, 6.45) is 15.7. The molecule has 1 N–H and O–H groups in total. The van der Waals surface area contributed by atoms with Crippen LogP contribution in [-0.2, 0) is 37.0 Å². The second-order valence-corrected chi connectivity index (χ2v) is 33.0. The van der Waals surface area contributed by atoms with E-state index in [0.717, 1.165) is 128 Å². The number of nitrogens with zero attached hydrogens (tertiary/aromatic N) is 8. The lowest BCUT2D eigenvalue weighted by molar-refractivity contribution is -0.152. The van der Waals surface area contributed by atoms with E-state index >= 15 is 0 Å². The number of carbonyl (C=O) groups excluding carboxylic acids is 5. The number of amides is 4. The van der Waals surface area contributed by atoms with E-state index in [0.29, 0.717) is 73.4 Å². The van der Waals surface area contributed by atoms with Crippen molar-refractivity contribution in [3.05, 3.63) is 154 Å². The van der Waals surface area contributed by atoms with E-state index in [2.05, 4.69) is 51.3 Å². The molecule has 0 unspecified atom stereocenters. The summed E-state index contributed by atoms with van der Waals surface area (Å²) in [4.78, 5) is 112. The number of esters is 1. The van der Waals surface area contributed by atoms with Crippen molar-refractivity contribution < 1.29 is 67.0 Å². The Morgan fingerprint density at radius 3 is 1.36 bits per heavy atom. The Kier molecular flexibility index (Phi) is 27.7. The van der Waals surface area contributed by atoms with Gasteiger partial charge in [0.1, 0.15) is 68.1 Å². The number of hydrogen-bond acceptors (Lipinski definition) is 19. The average molecular weight is 1590 g/mol. The monoisotopic (exact) mass is 1590 g/mol. The fourth-order valence-electron chi connectivity index (χ4n) is 16.2. The van der Waals surface area contributed by atoms with Gasteiger partial charge in [0, 0.05) is 96.7 Å². The molecular formula is C90H112N8O14S2. The number of fused-ring (bicyclic) bond motifs is 6. The summed E-state index contributed by atoms with van der Waals surface area (Å²) in [5.74, 6) is 2.60. The number of allylic oxidation sites excluding steroid dienone is 4. The van der Waals surface area contributed by atoms with Crippen molar-refractivity contribution in [3.8, 4) is 55.9 Å². The topological polar surface area (TPSA) is 252 Å². The van der Waals surface area contributed by atoms with Gasteiger partial charge in [-0.25, -0.2) is 29.5 Å². The zero-order valence-corrected chi connectivity index (χ0v) is 67.8. The second kappa shape index (κ2) is 37.1. The third-order valence-electron chi connectivity index (χ3n) is 23.0. The van der Waals surface area contributed by atoms with Crippen LogP contribution in [0.5, 0.6) is 34.5 Å². The van der Waals surface area contributed by atoms with Crippen molar-refractivity contribution in [2.75, 3.05) is 61.2 Å². The molecule has 8 aromatic rings. The molecule has 4 amide bonds. The number of Topliss-reactive ketones (excluding diaryl/α,β-unsaturated/α-hetero) is 2. The van der Waals surface area contributed by atoms with Crippen molar-refractivity contribution in [3.63, 3.8) is 0 Å². The van der Waals surface area contributed by atoms with Gasteiger partial charge in [0.2, 0.25) is 0 Å². The van der Waals surface area contributed by atoms with E-state index in [1.165, 1.54) is 22.7 Å². The molecule has 6 aliphatic rings. The Balaban J connectivity index is 0.000000221. The van der Waals surface area contributed by atoms with Crippen LogP contribution in [0, 0.1) is 36.5 Å². The van der Waals surface area contributed by atoms with E-state index in [9.17, 15) is 33.9 Å². The summed E-state index contributed by atoms with van der Waals surface area (Å²) in [5.41, 5.74) is 6.34. The maximum atomic E-state index is 14.9. The molecule has 24 heteroatoms. The van der Waals surface area contributed by atoms with Gasteiger partial charge < -0.3 is 57.9 Å². The van der Waals surface area contributed by atoms with E-state index in [1.54, 1.807) is 45.2 Å². The van der Waals surface area contributed by atoms with Crippen LogP contribution >= 0.6 is 22.7 Å². The van der Waals surface area contributed by atoms with Crippen LogP contribution < -0.4 is 28.4 Å². The molecular weight excluding hydrogens is 1480 g/mol. The summed E-state index contributed by atoms with van der Waals surface area (Å²) in [6, 6.07) is 24.8. The first-order valence-corrected chi connectivity index (χ1v) is 41.2. The Morgan fingerprint density at radius 1 is 0.544 bits per heavy atom. The minimum Gasteiger partial charge on any atom is -0.497 e. The Hall–Kier alpha value is -9.94. The molecule has 4 fully saturated rings. The molecule has 4 aliphatic heterocycles. The number of ketones is 2. The Bertz CT molecular complexity index is 4830. The second-order valence-electron chi connectivity index (χ2n) is 31.2. The maximum Gasteiger partial charge on any atom is 0.321 e. The molecule has 114 heavy (non-hydrogen) atoms. The summed E-state index contributed by atoms with van der Waals surface area (Å²) in [7, 11) is 6.52. The van der Waals surface area contributed by atoms with Crippen LogP contribution in [0.25, 0.3) is 43.2 Å². The van der Waals surface area contributed by atoms with Crippen LogP contribution in [-0.4, -0.2) is 166 Å². The van der Waals surface area contributed by atoms with Gasteiger partial charge in [-0.15, -0.1) is 22.7 Å². The quantitative estimate of drug-likeness (QED) is 0.0583. The van der Waals surface area contributed by atoms with Crippen molar-refractivity contribution in [2.24, 2.45) is 22.7 Å². The molecule has 14 rings (SSSR count). The smallest absolute Gasteiger partial charge is 0.321 e. The van der Waals surface area contributed by atoms with Crippen LogP contribution in [0.4, 0.5) is 9.59 Å². The highest BCUT2D eigenvalue weighted by atomic mass is 32.1. The molecule has 608 valence electrons. The van der Waals surface area contributed by atoms with Gasteiger partial charge in [-0.2, -0.15) is 0 Å². The number of aliphatic carboxylic acids is 1. The largest absolute Gasteiger partial charge is 0.497 e. The van der Waals surface area contributed by atoms with Gasteiger partial charge in [-0.3, -0.25) is 19.2 Å². The number of aryl methyl sites for hydroxylation is 2. The summed E-state index contributed by atoms with van der Waals surface area (Å²) in [6.45, 7) is 16.6. The molecule has 0 radical (unpaired) electrons. The lowest BCUT2D eigenvalue weighted by atomic mass is 9.92. The first-order chi connectivity index (χ1) is 54.0. The number of carbonyl (C=O) groups is 6.